The molecular weight excluding hydrogens is 961 g/mol. The topological polar surface area (TPSA) is 78.9 Å². The number of unbranched alkanes of at least 4 members (excludes halogenated alkanes) is 36. The molecule has 78 heavy (non-hydrogen) atoms. The van der Waals surface area contributed by atoms with Gasteiger partial charge in [-0.05, 0) is 96.3 Å². The zero-order chi connectivity index (χ0) is 56.4. The van der Waals surface area contributed by atoms with E-state index in [4.69, 9.17) is 14.2 Å². The van der Waals surface area contributed by atoms with Crippen LogP contribution >= 0.6 is 0 Å². The molecule has 0 aromatic carbocycles. The van der Waals surface area contributed by atoms with E-state index >= 15 is 0 Å². The Hall–Kier alpha value is -3.41. The molecule has 0 aromatic heterocycles. The highest BCUT2D eigenvalue weighted by Gasteiger charge is 2.19. The first-order valence-electron chi connectivity index (χ1n) is 33.6. The van der Waals surface area contributed by atoms with Crippen molar-refractivity contribution in [2.24, 2.45) is 0 Å². The van der Waals surface area contributed by atoms with Gasteiger partial charge in [0.2, 0.25) is 0 Å². The number of hydrogen-bond acceptors (Lipinski definition) is 6. The summed E-state index contributed by atoms with van der Waals surface area (Å²) in [5.41, 5.74) is 0. The van der Waals surface area contributed by atoms with E-state index in [1.165, 1.54) is 193 Å². The number of rotatable bonds is 61. The van der Waals surface area contributed by atoms with Gasteiger partial charge in [0, 0.05) is 19.3 Å². The molecule has 0 saturated heterocycles. The lowest BCUT2D eigenvalue weighted by Crippen LogP contribution is -2.30. The lowest BCUT2D eigenvalue weighted by Gasteiger charge is -2.18. The SMILES string of the molecule is CC/C=C\C/C=C\C/C=C\C/C=C\C/C=C\CCCCCC(=O)OC(COC(=O)CCCCCCCC)COC(=O)CCCCCCCCCCCCCCCCCCCCCCCCC/C=C\C/C=C\CCCCCCC. The van der Waals surface area contributed by atoms with Crippen LogP contribution in [-0.2, 0) is 28.6 Å². The van der Waals surface area contributed by atoms with Crippen LogP contribution in [0.1, 0.15) is 335 Å². The van der Waals surface area contributed by atoms with Crippen LogP contribution in [0.3, 0.4) is 0 Å². The predicted molar refractivity (Wildman–Crippen MR) is 339 cm³/mol. The van der Waals surface area contributed by atoms with E-state index in [0.29, 0.717) is 19.3 Å². The second-order valence-corrected chi connectivity index (χ2v) is 22.4. The average Bonchev–Trinajstić information content (AvgIpc) is 3.44. The maximum absolute atomic E-state index is 12.8. The van der Waals surface area contributed by atoms with Gasteiger partial charge in [-0.15, -0.1) is 0 Å². The third-order valence-corrected chi connectivity index (χ3v) is 14.6. The molecule has 450 valence electrons. The molecule has 6 nitrogen and oxygen atoms in total. The fraction of sp³-hybridized carbons (Fsp3) is 0.764. The highest BCUT2D eigenvalue weighted by atomic mass is 16.6. The van der Waals surface area contributed by atoms with Crippen molar-refractivity contribution in [3.8, 4) is 0 Å². The summed E-state index contributed by atoms with van der Waals surface area (Å²) in [6, 6.07) is 0. The Bertz CT molecular complexity index is 1480. The molecule has 0 aliphatic heterocycles. The monoisotopic (exact) mass is 1090 g/mol. The summed E-state index contributed by atoms with van der Waals surface area (Å²) >= 11 is 0. The molecule has 1 atom stereocenters. The van der Waals surface area contributed by atoms with Crippen molar-refractivity contribution in [2.75, 3.05) is 13.2 Å². The van der Waals surface area contributed by atoms with Crippen LogP contribution < -0.4 is 0 Å². The van der Waals surface area contributed by atoms with Crippen molar-refractivity contribution in [3.63, 3.8) is 0 Å². The average molecular weight is 1090 g/mol. The first-order chi connectivity index (χ1) is 38.5. The predicted octanol–water partition coefficient (Wildman–Crippen LogP) is 23.1. The number of ether oxygens (including phenoxy) is 3. The minimum atomic E-state index is -0.790. The highest BCUT2D eigenvalue weighted by molar-refractivity contribution is 5.71. The number of esters is 3. The van der Waals surface area contributed by atoms with Gasteiger partial charge in [-0.1, -0.05) is 305 Å². The summed E-state index contributed by atoms with van der Waals surface area (Å²) in [7, 11) is 0. The normalized spacial score (nSPS) is 12.6. The molecule has 0 radical (unpaired) electrons. The van der Waals surface area contributed by atoms with Crippen LogP contribution in [0.15, 0.2) is 85.1 Å². The van der Waals surface area contributed by atoms with Crippen molar-refractivity contribution in [3.05, 3.63) is 85.1 Å². The van der Waals surface area contributed by atoms with Crippen LogP contribution in [0.2, 0.25) is 0 Å². The third-order valence-electron chi connectivity index (χ3n) is 14.6. The van der Waals surface area contributed by atoms with Crippen molar-refractivity contribution >= 4 is 17.9 Å². The first-order valence-corrected chi connectivity index (χ1v) is 33.6. The largest absolute Gasteiger partial charge is 0.462 e. The van der Waals surface area contributed by atoms with Gasteiger partial charge in [-0.25, -0.2) is 0 Å². The summed E-state index contributed by atoms with van der Waals surface area (Å²) in [5, 5.41) is 0. The molecule has 0 aliphatic rings. The molecule has 0 spiro atoms. The Kier molecular flexibility index (Phi) is 63.2. The van der Waals surface area contributed by atoms with Gasteiger partial charge in [0.25, 0.3) is 0 Å². The maximum atomic E-state index is 12.8. The van der Waals surface area contributed by atoms with E-state index in [1.54, 1.807) is 0 Å². The molecule has 0 bridgehead atoms. The molecule has 0 fully saturated rings. The Morgan fingerprint density at radius 2 is 0.500 bits per heavy atom. The van der Waals surface area contributed by atoms with Crippen LogP contribution in [0.25, 0.3) is 0 Å². The summed E-state index contributed by atoms with van der Waals surface area (Å²) in [4.78, 5) is 38.0. The third kappa shape index (κ3) is 63.4. The number of hydrogen-bond donors (Lipinski definition) is 0. The number of carbonyl (C=O) groups is 3. The molecular formula is C72H126O6. The summed E-state index contributed by atoms with van der Waals surface area (Å²) in [6.07, 6.45) is 88.0. The molecule has 0 aromatic rings. The van der Waals surface area contributed by atoms with Crippen molar-refractivity contribution in [1.82, 2.24) is 0 Å². The Labute approximate surface area is 484 Å². The Balaban J connectivity index is 3.97. The zero-order valence-corrected chi connectivity index (χ0v) is 51.7. The molecule has 0 aliphatic carbocycles. The van der Waals surface area contributed by atoms with E-state index in [1.807, 2.05) is 0 Å². The van der Waals surface area contributed by atoms with E-state index in [0.717, 1.165) is 103 Å². The fourth-order valence-electron chi connectivity index (χ4n) is 9.62. The van der Waals surface area contributed by atoms with Gasteiger partial charge >= 0.3 is 17.9 Å². The van der Waals surface area contributed by atoms with Crippen molar-refractivity contribution < 1.29 is 28.6 Å². The van der Waals surface area contributed by atoms with Gasteiger partial charge < -0.3 is 14.2 Å². The molecule has 0 saturated carbocycles. The number of carbonyl (C=O) groups excluding carboxylic acids is 3. The van der Waals surface area contributed by atoms with E-state index in [-0.39, 0.29) is 31.1 Å². The van der Waals surface area contributed by atoms with Crippen LogP contribution in [0, 0.1) is 0 Å². The first kappa shape index (κ1) is 74.6. The Morgan fingerprint density at radius 1 is 0.269 bits per heavy atom. The standard InChI is InChI=1S/C72H126O6/c1-4-7-10-13-16-18-20-22-24-26-28-29-30-31-32-33-34-35-36-37-38-39-40-41-42-43-45-46-48-50-52-54-56-59-62-65-71(74)77-68-69(67-76-70(73)64-61-58-15-12-9-6-3)78-72(75)66-63-60-57-55-53-51-49-47-44-27-25-23-21-19-17-14-11-8-5-2/h8,11,17,19-20,22-23,25-26,28,44,47,51,53,69H,4-7,9-10,12-16,18,21,24,27,29-43,45-46,48-50,52,54-68H2,1-3H3/b11-8-,19-17-,22-20-,25-23-,28-26-,47-44-,53-51-. The van der Waals surface area contributed by atoms with E-state index < -0.39 is 6.10 Å². The summed E-state index contributed by atoms with van der Waals surface area (Å²) in [5.74, 6) is -0.918. The minimum Gasteiger partial charge on any atom is -0.462 e. The van der Waals surface area contributed by atoms with Gasteiger partial charge in [0.05, 0.1) is 0 Å². The zero-order valence-electron chi connectivity index (χ0n) is 51.7. The van der Waals surface area contributed by atoms with Crippen molar-refractivity contribution in [2.45, 2.75) is 341 Å². The molecule has 0 rings (SSSR count). The molecule has 0 amide bonds. The second-order valence-electron chi connectivity index (χ2n) is 22.4. The van der Waals surface area contributed by atoms with E-state index in [2.05, 4.69) is 106 Å². The van der Waals surface area contributed by atoms with Crippen LogP contribution in [0.4, 0.5) is 0 Å². The minimum absolute atomic E-state index is 0.0868. The molecule has 0 heterocycles. The van der Waals surface area contributed by atoms with Crippen LogP contribution in [-0.4, -0.2) is 37.2 Å². The summed E-state index contributed by atoms with van der Waals surface area (Å²) in [6.45, 7) is 6.46. The maximum Gasteiger partial charge on any atom is 0.306 e. The highest BCUT2D eigenvalue weighted by Crippen LogP contribution is 2.17. The lowest BCUT2D eigenvalue weighted by atomic mass is 10.0. The second kappa shape index (κ2) is 66.1. The van der Waals surface area contributed by atoms with Gasteiger partial charge in [0.15, 0.2) is 6.10 Å². The fourth-order valence-corrected chi connectivity index (χ4v) is 9.62. The van der Waals surface area contributed by atoms with Crippen LogP contribution in [0.5, 0.6) is 0 Å². The Morgan fingerprint density at radius 3 is 0.795 bits per heavy atom. The lowest BCUT2D eigenvalue weighted by molar-refractivity contribution is -0.167. The van der Waals surface area contributed by atoms with Gasteiger partial charge in [0.1, 0.15) is 13.2 Å². The number of allylic oxidation sites excluding steroid dienone is 14. The summed E-state index contributed by atoms with van der Waals surface area (Å²) < 4.78 is 16.8. The van der Waals surface area contributed by atoms with Gasteiger partial charge in [-0.2, -0.15) is 0 Å². The van der Waals surface area contributed by atoms with Gasteiger partial charge in [-0.3, -0.25) is 14.4 Å². The quantitative estimate of drug-likeness (QED) is 0.0261. The molecule has 1 unspecified atom stereocenters. The van der Waals surface area contributed by atoms with E-state index in [9.17, 15) is 14.4 Å². The molecule has 6 heteroatoms. The van der Waals surface area contributed by atoms with Crippen molar-refractivity contribution in [1.29, 1.82) is 0 Å². The smallest absolute Gasteiger partial charge is 0.306 e. The molecule has 0 N–H and O–H groups in total.